The molecule has 0 aliphatic carbocycles. The van der Waals surface area contributed by atoms with Gasteiger partial charge < -0.3 is 14.6 Å². The molecule has 1 amide bonds. The number of esters is 1. The van der Waals surface area contributed by atoms with E-state index < -0.39 is 17.7 Å². The van der Waals surface area contributed by atoms with E-state index in [9.17, 15) is 14.4 Å². The van der Waals surface area contributed by atoms with Gasteiger partial charge in [-0.15, -0.1) is 22.7 Å². The zero-order valence-electron chi connectivity index (χ0n) is 24.2. The van der Waals surface area contributed by atoms with E-state index in [1.165, 1.54) is 28.1 Å². The van der Waals surface area contributed by atoms with Crippen molar-refractivity contribution < 1.29 is 29.0 Å². The van der Waals surface area contributed by atoms with Crippen LogP contribution in [0.2, 0.25) is 0 Å². The van der Waals surface area contributed by atoms with Gasteiger partial charge in [-0.2, -0.15) is 0 Å². The van der Waals surface area contributed by atoms with E-state index in [0.29, 0.717) is 26.9 Å². The third-order valence-corrected chi connectivity index (χ3v) is 5.70. The number of rotatable bonds is 5. The summed E-state index contributed by atoms with van der Waals surface area (Å²) in [6.07, 6.45) is -0.546. The predicted molar refractivity (Wildman–Crippen MR) is 164 cm³/mol. The van der Waals surface area contributed by atoms with Crippen LogP contribution >= 0.6 is 38.6 Å². The molecule has 0 unspecified atom stereocenters. The molecule has 0 saturated heterocycles. The van der Waals surface area contributed by atoms with Crippen molar-refractivity contribution in [2.45, 2.75) is 74.8 Å². The van der Waals surface area contributed by atoms with Crippen molar-refractivity contribution in [1.82, 2.24) is 9.97 Å². The molecule has 0 saturated carbocycles. The lowest BCUT2D eigenvalue weighted by Crippen LogP contribution is -2.27. The first-order valence-electron chi connectivity index (χ1n) is 12.6. The van der Waals surface area contributed by atoms with Crippen molar-refractivity contribution in [2.24, 2.45) is 0 Å². The van der Waals surface area contributed by atoms with Crippen LogP contribution in [0, 0.1) is 0 Å². The number of hydrogen-bond donors (Lipinski definition) is 2. The molecule has 3 aromatic rings. The third-order valence-electron chi connectivity index (χ3n) is 3.44. The van der Waals surface area contributed by atoms with E-state index in [1.807, 2.05) is 41.5 Å². The molecule has 1 aromatic carbocycles. The molecular weight excluding hydrogens is 606 g/mol. The van der Waals surface area contributed by atoms with Crippen LogP contribution in [0.3, 0.4) is 0 Å². The number of aromatic carboxylic acids is 1. The summed E-state index contributed by atoms with van der Waals surface area (Å²) in [7, 11) is 0. The standard InChI is InChI=1S/C15H16N2O4S.C6H6BrNO2S.3C2H6/c1-15(2,3)21-14(20)16-10-6-4-5-9(7-10)12-17-11(8-22-12)13(18)19;1-2-10-5(9)4-3-11-6(7)8-4;3*1-2/h4-8H,1-3H3,(H,16,20)(H,18,19);3H,2H2,1H3;3*1-2H3. The molecule has 0 spiro atoms. The molecule has 2 heterocycles. The van der Waals surface area contributed by atoms with Gasteiger partial charge in [-0.05, 0) is 55.8 Å². The van der Waals surface area contributed by atoms with Crippen LogP contribution in [-0.2, 0) is 9.47 Å². The van der Waals surface area contributed by atoms with Gasteiger partial charge in [-0.3, -0.25) is 5.32 Å². The minimum Gasteiger partial charge on any atom is -0.476 e. The summed E-state index contributed by atoms with van der Waals surface area (Å²) in [6, 6.07) is 6.99. The maximum Gasteiger partial charge on any atom is 0.412 e. The molecular formula is C27H40BrN3O6S2. The Morgan fingerprint density at radius 3 is 2.03 bits per heavy atom. The first kappa shape index (κ1) is 38.3. The summed E-state index contributed by atoms with van der Waals surface area (Å²) in [6.45, 7) is 19.5. The van der Waals surface area contributed by atoms with Gasteiger partial charge in [0, 0.05) is 22.0 Å². The first-order chi connectivity index (χ1) is 18.5. The fraction of sp³-hybridized carbons (Fsp3) is 0.444. The van der Waals surface area contributed by atoms with Gasteiger partial charge in [0.05, 0.1) is 6.61 Å². The molecule has 0 aliphatic heterocycles. The molecule has 0 radical (unpaired) electrons. The molecule has 0 bridgehead atoms. The Balaban J connectivity index is 0. The molecule has 0 aliphatic rings. The van der Waals surface area contributed by atoms with E-state index in [1.54, 1.807) is 57.3 Å². The van der Waals surface area contributed by atoms with E-state index in [4.69, 9.17) is 14.6 Å². The van der Waals surface area contributed by atoms with Crippen LogP contribution in [-0.4, -0.2) is 45.3 Å². The number of halogens is 1. The van der Waals surface area contributed by atoms with E-state index in [0.717, 1.165) is 5.56 Å². The fourth-order valence-corrected chi connectivity index (χ4v) is 3.98. The number of amides is 1. The number of hydrogen-bond acceptors (Lipinski definition) is 9. The number of thiazole rings is 2. The van der Waals surface area contributed by atoms with Crippen LogP contribution in [0.4, 0.5) is 10.5 Å². The van der Waals surface area contributed by atoms with Gasteiger partial charge in [-0.1, -0.05) is 53.7 Å². The number of nitrogens with zero attached hydrogens (tertiary/aromatic N) is 2. The number of nitrogens with one attached hydrogen (secondary N) is 1. The summed E-state index contributed by atoms with van der Waals surface area (Å²) < 4.78 is 10.6. The van der Waals surface area contributed by atoms with E-state index in [2.05, 4.69) is 31.2 Å². The maximum atomic E-state index is 11.7. The second-order valence-corrected chi connectivity index (χ2v) is 10.2. The average Bonchev–Trinajstić information content (AvgIpc) is 3.57. The molecule has 9 nitrogen and oxygen atoms in total. The molecule has 3 rings (SSSR count). The molecule has 12 heteroatoms. The van der Waals surface area contributed by atoms with Gasteiger partial charge in [0.1, 0.15) is 10.6 Å². The maximum absolute atomic E-state index is 11.7. The molecule has 0 fully saturated rings. The second-order valence-electron chi connectivity index (χ2n) is 7.26. The lowest BCUT2D eigenvalue weighted by molar-refractivity contribution is 0.0519. The minimum atomic E-state index is -1.06. The van der Waals surface area contributed by atoms with Gasteiger partial charge in [0.25, 0.3) is 0 Å². The number of carbonyl (C=O) groups excluding carboxylic acids is 2. The van der Waals surface area contributed by atoms with Crippen molar-refractivity contribution in [1.29, 1.82) is 0 Å². The number of carbonyl (C=O) groups is 3. The van der Waals surface area contributed by atoms with Crippen LogP contribution in [0.15, 0.2) is 38.9 Å². The number of anilines is 1. The van der Waals surface area contributed by atoms with E-state index in [-0.39, 0.29) is 11.7 Å². The topological polar surface area (TPSA) is 128 Å². The number of benzene rings is 1. The Bertz CT molecular complexity index is 1130. The summed E-state index contributed by atoms with van der Waals surface area (Å²) in [4.78, 5) is 41.5. The van der Waals surface area contributed by atoms with Crippen LogP contribution in [0.5, 0.6) is 0 Å². The summed E-state index contributed by atoms with van der Waals surface area (Å²) in [5.41, 5.74) is 1.08. The van der Waals surface area contributed by atoms with Crippen LogP contribution in [0.25, 0.3) is 10.6 Å². The lowest BCUT2D eigenvalue weighted by Gasteiger charge is -2.19. The first-order valence-corrected chi connectivity index (χ1v) is 15.1. The zero-order valence-corrected chi connectivity index (χ0v) is 27.5. The Morgan fingerprint density at radius 2 is 1.56 bits per heavy atom. The molecule has 218 valence electrons. The number of carboxylic acid groups (broad SMARTS) is 1. The normalized spacial score (nSPS) is 9.41. The highest BCUT2D eigenvalue weighted by molar-refractivity contribution is 9.11. The molecule has 2 aromatic heterocycles. The predicted octanol–water partition coefficient (Wildman–Crippen LogP) is 9.02. The molecule has 39 heavy (non-hydrogen) atoms. The summed E-state index contributed by atoms with van der Waals surface area (Å²) in [5, 5.41) is 15.2. The second kappa shape index (κ2) is 21.0. The van der Waals surface area contributed by atoms with Crippen LogP contribution < -0.4 is 5.32 Å². The minimum absolute atomic E-state index is 0.00510. The highest BCUT2D eigenvalue weighted by Crippen LogP contribution is 2.26. The monoisotopic (exact) mass is 645 g/mol. The smallest absolute Gasteiger partial charge is 0.412 e. The number of aromatic nitrogens is 2. The third kappa shape index (κ3) is 16.0. The molecule has 2 N–H and O–H groups in total. The average molecular weight is 647 g/mol. The van der Waals surface area contributed by atoms with Gasteiger partial charge in [0.2, 0.25) is 0 Å². The fourth-order valence-electron chi connectivity index (χ4n) is 2.21. The highest BCUT2D eigenvalue weighted by Gasteiger charge is 2.17. The van der Waals surface area contributed by atoms with Gasteiger partial charge >= 0.3 is 18.0 Å². The SMILES string of the molecule is CC.CC.CC.CC(C)(C)OC(=O)Nc1cccc(-c2nc(C(=O)O)cs2)c1.CCOC(=O)c1csc(Br)n1. The molecule has 0 atom stereocenters. The lowest BCUT2D eigenvalue weighted by atomic mass is 10.2. The van der Waals surface area contributed by atoms with Crippen molar-refractivity contribution in [2.75, 3.05) is 11.9 Å². The van der Waals surface area contributed by atoms with Gasteiger partial charge in [0.15, 0.2) is 15.3 Å². The zero-order chi connectivity index (χ0) is 30.6. The largest absolute Gasteiger partial charge is 0.476 e. The Labute approximate surface area is 248 Å². The van der Waals surface area contributed by atoms with Crippen molar-refractivity contribution in [3.05, 3.63) is 50.3 Å². The van der Waals surface area contributed by atoms with Crippen molar-refractivity contribution in [3.63, 3.8) is 0 Å². The summed E-state index contributed by atoms with van der Waals surface area (Å²) >= 11 is 5.75. The van der Waals surface area contributed by atoms with E-state index >= 15 is 0 Å². The van der Waals surface area contributed by atoms with Crippen molar-refractivity contribution in [3.8, 4) is 10.6 Å². The van der Waals surface area contributed by atoms with Gasteiger partial charge in [-0.25, -0.2) is 24.4 Å². The summed E-state index contributed by atoms with van der Waals surface area (Å²) in [5.74, 6) is -1.43. The van der Waals surface area contributed by atoms with Crippen LogP contribution in [0.1, 0.15) is 90.2 Å². The quantitative estimate of drug-likeness (QED) is 0.263. The number of carboxylic acids is 1. The Kier molecular flexibility index (Phi) is 20.7. The Hall–Kier alpha value is -2.83. The highest BCUT2D eigenvalue weighted by atomic mass is 79.9. The van der Waals surface area contributed by atoms with Crippen molar-refractivity contribution >= 4 is 62.3 Å². The number of ether oxygens (including phenoxy) is 2. The Morgan fingerprint density at radius 1 is 0.974 bits per heavy atom.